The van der Waals surface area contributed by atoms with Gasteiger partial charge in [0, 0.05) is 34.1 Å². The molecule has 8 heteroatoms. The first-order chi connectivity index (χ1) is 20.5. The summed E-state index contributed by atoms with van der Waals surface area (Å²) in [6.45, 7) is 4.54. The number of carbonyl (C=O) groups excluding carboxylic acids is 1. The lowest BCUT2D eigenvalue weighted by molar-refractivity contribution is -0.139. The second-order valence-electron chi connectivity index (χ2n) is 10.2. The van der Waals surface area contributed by atoms with Crippen molar-refractivity contribution < 1.29 is 9.53 Å². The standard InChI is InChI=1S/C34H27N3O3S2/c1-3-40-33(39)30-21(2)35-34-37(31(30)28-16-9-17-41-28)32(38)29(42-34)18-24-20-36(27-15-7-6-14-26(24)27)19-23-12-8-11-22-10-4-5-13-25(22)23/h4-18,20,31H,3,19H2,1-2H3/b29-18-/t31-/m1/s1. The third-order valence-electron chi connectivity index (χ3n) is 7.66. The summed E-state index contributed by atoms with van der Waals surface area (Å²) in [6.07, 6.45) is 4.08. The fourth-order valence-electron chi connectivity index (χ4n) is 5.78. The molecule has 1 aliphatic rings. The van der Waals surface area contributed by atoms with Gasteiger partial charge in [0.2, 0.25) is 0 Å². The summed E-state index contributed by atoms with van der Waals surface area (Å²) >= 11 is 2.86. The average molecular weight is 590 g/mol. The molecule has 1 atom stereocenters. The number of esters is 1. The van der Waals surface area contributed by atoms with Crippen molar-refractivity contribution in [2.45, 2.75) is 26.4 Å². The molecule has 3 aromatic carbocycles. The van der Waals surface area contributed by atoms with Gasteiger partial charge >= 0.3 is 5.97 Å². The Balaban J connectivity index is 1.37. The highest BCUT2D eigenvalue weighted by Crippen LogP contribution is 2.33. The molecule has 6 aromatic rings. The van der Waals surface area contributed by atoms with E-state index < -0.39 is 12.0 Å². The lowest BCUT2D eigenvalue weighted by Gasteiger charge is -2.23. The predicted molar refractivity (Wildman–Crippen MR) is 170 cm³/mol. The Morgan fingerprint density at radius 3 is 2.60 bits per heavy atom. The van der Waals surface area contributed by atoms with E-state index in [0.717, 1.165) is 21.3 Å². The average Bonchev–Trinajstić information content (AvgIpc) is 3.72. The number of allylic oxidation sites excluding steroid dienone is 1. The van der Waals surface area contributed by atoms with Gasteiger partial charge in [-0.3, -0.25) is 9.36 Å². The van der Waals surface area contributed by atoms with E-state index in [1.165, 1.54) is 39.0 Å². The van der Waals surface area contributed by atoms with Gasteiger partial charge in [-0.2, -0.15) is 0 Å². The maximum absolute atomic E-state index is 14.0. The van der Waals surface area contributed by atoms with Gasteiger partial charge in [-0.05, 0) is 53.8 Å². The Morgan fingerprint density at radius 2 is 1.79 bits per heavy atom. The van der Waals surface area contributed by atoms with Crippen LogP contribution in [-0.4, -0.2) is 21.7 Å². The van der Waals surface area contributed by atoms with Crippen LogP contribution in [0.2, 0.25) is 0 Å². The summed E-state index contributed by atoms with van der Waals surface area (Å²) in [5.74, 6) is -0.442. The highest BCUT2D eigenvalue weighted by atomic mass is 32.1. The number of para-hydroxylation sites is 1. The van der Waals surface area contributed by atoms with Crippen molar-refractivity contribution in [1.29, 1.82) is 0 Å². The van der Waals surface area contributed by atoms with Crippen LogP contribution in [0.15, 0.2) is 111 Å². The molecule has 0 amide bonds. The third-order valence-corrected chi connectivity index (χ3v) is 9.56. The zero-order valence-corrected chi connectivity index (χ0v) is 24.7. The van der Waals surface area contributed by atoms with Crippen molar-refractivity contribution >= 4 is 56.4 Å². The van der Waals surface area contributed by atoms with Crippen molar-refractivity contribution in [3.63, 3.8) is 0 Å². The van der Waals surface area contributed by atoms with E-state index in [-0.39, 0.29) is 12.2 Å². The topological polar surface area (TPSA) is 65.6 Å². The van der Waals surface area contributed by atoms with Gasteiger partial charge in [0.1, 0.15) is 6.04 Å². The number of fused-ring (bicyclic) bond motifs is 3. The fourth-order valence-corrected chi connectivity index (χ4v) is 7.64. The zero-order valence-electron chi connectivity index (χ0n) is 23.1. The van der Waals surface area contributed by atoms with E-state index in [4.69, 9.17) is 9.73 Å². The van der Waals surface area contributed by atoms with Crippen LogP contribution in [0.4, 0.5) is 0 Å². The van der Waals surface area contributed by atoms with E-state index in [9.17, 15) is 9.59 Å². The van der Waals surface area contributed by atoms with Crippen molar-refractivity contribution in [1.82, 2.24) is 9.13 Å². The minimum Gasteiger partial charge on any atom is -0.463 e. The Kier molecular flexibility index (Phi) is 6.72. The second kappa shape index (κ2) is 10.7. The highest BCUT2D eigenvalue weighted by molar-refractivity contribution is 7.10. The van der Waals surface area contributed by atoms with Gasteiger partial charge in [0.15, 0.2) is 4.80 Å². The van der Waals surface area contributed by atoms with Gasteiger partial charge < -0.3 is 9.30 Å². The Bertz CT molecular complexity index is 2190. The molecule has 0 fully saturated rings. The van der Waals surface area contributed by atoms with Crippen LogP contribution in [0, 0.1) is 0 Å². The van der Waals surface area contributed by atoms with Crippen LogP contribution in [0.25, 0.3) is 27.8 Å². The summed E-state index contributed by atoms with van der Waals surface area (Å²) in [4.78, 5) is 33.3. The number of thiazole rings is 1. The van der Waals surface area contributed by atoms with Crippen LogP contribution in [0.1, 0.15) is 35.9 Å². The molecule has 0 radical (unpaired) electrons. The van der Waals surface area contributed by atoms with Gasteiger partial charge in [-0.25, -0.2) is 9.79 Å². The largest absolute Gasteiger partial charge is 0.463 e. The monoisotopic (exact) mass is 589 g/mol. The number of hydrogen-bond acceptors (Lipinski definition) is 6. The van der Waals surface area contributed by atoms with Crippen molar-refractivity contribution in [2.75, 3.05) is 6.61 Å². The highest BCUT2D eigenvalue weighted by Gasteiger charge is 2.33. The zero-order chi connectivity index (χ0) is 28.8. The first kappa shape index (κ1) is 26.4. The lowest BCUT2D eigenvalue weighted by atomic mass is 10.0. The molecular formula is C34H27N3O3S2. The van der Waals surface area contributed by atoms with Gasteiger partial charge in [0.05, 0.1) is 22.4 Å². The summed E-state index contributed by atoms with van der Waals surface area (Å²) in [6, 6.07) is 26.4. The number of hydrogen-bond donors (Lipinski definition) is 0. The summed E-state index contributed by atoms with van der Waals surface area (Å²) in [5, 5.41) is 5.47. The molecular weight excluding hydrogens is 563 g/mol. The van der Waals surface area contributed by atoms with Crippen molar-refractivity contribution in [3.8, 4) is 0 Å². The molecule has 0 spiro atoms. The Morgan fingerprint density at radius 1 is 1.00 bits per heavy atom. The van der Waals surface area contributed by atoms with E-state index in [1.807, 2.05) is 42.6 Å². The van der Waals surface area contributed by atoms with Gasteiger partial charge in [0.25, 0.3) is 5.56 Å². The molecule has 0 saturated heterocycles. The van der Waals surface area contributed by atoms with Crippen molar-refractivity contribution in [3.05, 3.63) is 137 Å². The Labute approximate surface area is 249 Å². The number of rotatable bonds is 6. The number of ether oxygens (including phenoxy) is 1. The quantitative estimate of drug-likeness (QED) is 0.223. The normalized spacial score (nSPS) is 15.3. The van der Waals surface area contributed by atoms with Crippen LogP contribution >= 0.6 is 22.7 Å². The molecule has 0 saturated carbocycles. The van der Waals surface area contributed by atoms with Crippen LogP contribution in [0.3, 0.4) is 0 Å². The number of benzene rings is 3. The van der Waals surface area contributed by atoms with Crippen molar-refractivity contribution in [2.24, 2.45) is 4.99 Å². The SMILES string of the molecule is CCOC(=O)C1=C(C)N=c2s/c(=C\c3cn(Cc4cccc5ccccc45)c4ccccc34)c(=O)n2[C@@H]1c1cccs1. The molecule has 3 aromatic heterocycles. The summed E-state index contributed by atoms with van der Waals surface area (Å²) in [7, 11) is 0. The number of thiophene rings is 1. The maximum atomic E-state index is 14.0. The minimum atomic E-state index is -0.574. The molecule has 7 rings (SSSR count). The third kappa shape index (κ3) is 4.44. The molecule has 0 unspecified atom stereocenters. The molecule has 0 aliphatic carbocycles. The smallest absolute Gasteiger partial charge is 0.338 e. The van der Waals surface area contributed by atoms with Gasteiger partial charge in [-0.15, -0.1) is 11.3 Å². The van der Waals surface area contributed by atoms with E-state index >= 15 is 0 Å². The predicted octanol–water partition coefficient (Wildman–Crippen LogP) is 6.02. The van der Waals surface area contributed by atoms with Crippen LogP contribution < -0.4 is 14.9 Å². The summed E-state index contributed by atoms with van der Waals surface area (Å²) in [5.41, 5.74) is 4.11. The number of aromatic nitrogens is 2. The second-order valence-corrected chi connectivity index (χ2v) is 12.2. The molecule has 4 heterocycles. The molecule has 42 heavy (non-hydrogen) atoms. The first-order valence-corrected chi connectivity index (χ1v) is 15.5. The van der Waals surface area contributed by atoms with Gasteiger partial charge in [-0.1, -0.05) is 78.1 Å². The van der Waals surface area contributed by atoms with Crippen LogP contribution in [-0.2, 0) is 16.1 Å². The maximum Gasteiger partial charge on any atom is 0.338 e. The molecule has 1 aliphatic heterocycles. The summed E-state index contributed by atoms with van der Waals surface area (Å²) < 4.78 is 9.86. The molecule has 0 bridgehead atoms. The number of carbonyl (C=O) groups is 1. The van der Waals surface area contributed by atoms with E-state index in [1.54, 1.807) is 11.5 Å². The fraction of sp³-hybridized carbons (Fsp3) is 0.147. The Hall–Kier alpha value is -4.53. The lowest BCUT2D eigenvalue weighted by Crippen LogP contribution is -2.39. The number of nitrogens with zero attached hydrogens (tertiary/aromatic N) is 3. The minimum absolute atomic E-state index is 0.169. The molecule has 0 N–H and O–H groups in total. The molecule has 208 valence electrons. The van der Waals surface area contributed by atoms with Crippen LogP contribution in [0.5, 0.6) is 0 Å². The first-order valence-electron chi connectivity index (χ1n) is 13.8. The molecule has 6 nitrogen and oxygen atoms in total. The van der Waals surface area contributed by atoms with E-state index in [0.29, 0.717) is 27.1 Å². The van der Waals surface area contributed by atoms with E-state index in [2.05, 4.69) is 65.4 Å².